The maximum Gasteiger partial charge on any atom is 0.269 e. The lowest BCUT2D eigenvalue weighted by Crippen LogP contribution is -2.22. The van der Waals surface area contributed by atoms with E-state index in [1.807, 2.05) is 19.9 Å². The molecule has 2 rings (SSSR count). The SMILES string of the molecule is CC.CNC(=O)c1cc(CN2CCCC2)c(OC)cn1. The highest BCUT2D eigenvalue weighted by Gasteiger charge is 2.16. The van der Waals surface area contributed by atoms with Crippen LogP contribution in [0.15, 0.2) is 12.3 Å². The average molecular weight is 279 g/mol. The van der Waals surface area contributed by atoms with E-state index in [9.17, 15) is 4.79 Å². The van der Waals surface area contributed by atoms with Crippen LogP contribution in [0.4, 0.5) is 0 Å². The van der Waals surface area contributed by atoms with Crippen molar-refractivity contribution in [2.75, 3.05) is 27.2 Å². The second-order valence-corrected chi connectivity index (χ2v) is 4.44. The predicted molar refractivity (Wildman–Crippen MR) is 80.0 cm³/mol. The lowest BCUT2D eigenvalue weighted by atomic mass is 10.2. The Morgan fingerprint density at radius 2 is 2.05 bits per heavy atom. The predicted octanol–water partition coefficient (Wildman–Crippen LogP) is 2.07. The molecular weight excluding hydrogens is 254 g/mol. The largest absolute Gasteiger partial charge is 0.495 e. The molecule has 0 aromatic carbocycles. The molecular formula is C15H25N3O2. The molecule has 1 fully saturated rings. The van der Waals surface area contributed by atoms with Crippen molar-refractivity contribution in [1.82, 2.24) is 15.2 Å². The zero-order chi connectivity index (χ0) is 15.0. The van der Waals surface area contributed by atoms with Crippen LogP contribution in [0.25, 0.3) is 0 Å². The van der Waals surface area contributed by atoms with Gasteiger partial charge in [0.1, 0.15) is 11.4 Å². The molecule has 1 saturated heterocycles. The van der Waals surface area contributed by atoms with Crippen molar-refractivity contribution in [1.29, 1.82) is 0 Å². The summed E-state index contributed by atoms with van der Waals surface area (Å²) in [5.41, 5.74) is 1.46. The van der Waals surface area contributed by atoms with E-state index in [-0.39, 0.29) is 5.91 Å². The highest BCUT2D eigenvalue weighted by Crippen LogP contribution is 2.21. The van der Waals surface area contributed by atoms with Crippen LogP contribution in [0.5, 0.6) is 5.75 Å². The first-order chi connectivity index (χ1) is 9.74. The number of hydrogen-bond donors (Lipinski definition) is 1. The van der Waals surface area contributed by atoms with Gasteiger partial charge in [0, 0.05) is 19.2 Å². The van der Waals surface area contributed by atoms with Crippen molar-refractivity contribution in [3.05, 3.63) is 23.5 Å². The Bertz CT molecular complexity index is 429. The lowest BCUT2D eigenvalue weighted by Gasteiger charge is -2.17. The maximum absolute atomic E-state index is 11.6. The molecule has 0 unspecified atom stereocenters. The van der Waals surface area contributed by atoms with Crippen molar-refractivity contribution in [3.63, 3.8) is 0 Å². The molecule has 1 aliphatic heterocycles. The first-order valence-electron chi connectivity index (χ1n) is 7.22. The molecule has 0 radical (unpaired) electrons. The molecule has 0 saturated carbocycles. The van der Waals surface area contributed by atoms with Crippen molar-refractivity contribution in [2.24, 2.45) is 0 Å². The average Bonchev–Trinajstić information content (AvgIpc) is 3.01. The third kappa shape index (κ3) is 4.20. The van der Waals surface area contributed by atoms with Crippen molar-refractivity contribution >= 4 is 5.91 Å². The summed E-state index contributed by atoms with van der Waals surface area (Å²) in [6.45, 7) is 7.04. The van der Waals surface area contributed by atoms with Crippen molar-refractivity contribution < 1.29 is 9.53 Å². The first kappa shape index (κ1) is 16.4. The highest BCUT2D eigenvalue weighted by molar-refractivity contribution is 5.92. The Balaban J connectivity index is 0.000000956. The smallest absolute Gasteiger partial charge is 0.269 e. The van der Waals surface area contributed by atoms with Crippen LogP contribution in [0.3, 0.4) is 0 Å². The number of rotatable bonds is 4. The van der Waals surface area contributed by atoms with Crippen LogP contribution in [0, 0.1) is 0 Å². The van der Waals surface area contributed by atoms with E-state index in [1.54, 1.807) is 20.4 Å². The second kappa shape index (κ2) is 8.53. The molecule has 1 amide bonds. The molecule has 0 spiro atoms. The van der Waals surface area contributed by atoms with Gasteiger partial charge in [0.2, 0.25) is 0 Å². The normalized spacial score (nSPS) is 14.4. The lowest BCUT2D eigenvalue weighted by molar-refractivity contribution is 0.0958. The van der Waals surface area contributed by atoms with Gasteiger partial charge in [-0.15, -0.1) is 0 Å². The van der Waals surface area contributed by atoms with Gasteiger partial charge in [-0.2, -0.15) is 0 Å². The van der Waals surface area contributed by atoms with Gasteiger partial charge in [-0.25, -0.2) is 4.98 Å². The van der Waals surface area contributed by atoms with Gasteiger partial charge in [0.15, 0.2) is 0 Å². The van der Waals surface area contributed by atoms with E-state index < -0.39 is 0 Å². The third-order valence-electron chi connectivity index (χ3n) is 3.22. The number of pyridine rings is 1. The number of carbonyl (C=O) groups is 1. The zero-order valence-electron chi connectivity index (χ0n) is 12.9. The first-order valence-corrected chi connectivity index (χ1v) is 7.22. The van der Waals surface area contributed by atoms with Gasteiger partial charge < -0.3 is 10.1 Å². The van der Waals surface area contributed by atoms with Crippen molar-refractivity contribution in [3.8, 4) is 5.75 Å². The minimum atomic E-state index is -0.166. The number of nitrogens with zero attached hydrogens (tertiary/aromatic N) is 2. The van der Waals surface area contributed by atoms with Crippen LogP contribution < -0.4 is 10.1 Å². The van der Waals surface area contributed by atoms with Crippen LogP contribution in [0.2, 0.25) is 0 Å². The molecule has 20 heavy (non-hydrogen) atoms. The second-order valence-electron chi connectivity index (χ2n) is 4.44. The summed E-state index contributed by atoms with van der Waals surface area (Å²) in [5.74, 6) is 0.579. The number of methoxy groups -OCH3 is 1. The maximum atomic E-state index is 11.6. The fourth-order valence-electron chi connectivity index (χ4n) is 2.23. The Morgan fingerprint density at radius 1 is 1.40 bits per heavy atom. The highest BCUT2D eigenvalue weighted by atomic mass is 16.5. The van der Waals surface area contributed by atoms with Gasteiger partial charge in [0.25, 0.3) is 5.91 Å². The number of nitrogens with one attached hydrogen (secondary N) is 1. The number of amides is 1. The molecule has 5 heteroatoms. The quantitative estimate of drug-likeness (QED) is 0.916. The summed E-state index contributed by atoms with van der Waals surface area (Å²) in [5, 5.41) is 2.58. The Kier molecular flexibility index (Phi) is 7.01. The van der Waals surface area contributed by atoms with E-state index in [0.717, 1.165) is 30.9 Å². The van der Waals surface area contributed by atoms with E-state index in [2.05, 4.69) is 15.2 Å². The molecule has 0 aliphatic carbocycles. The fourth-order valence-corrected chi connectivity index (χ4v) is 2.23. The van der Waals surface area contributed by atoms with E-state index in [1.165, 1.54) is 12.8 Å². The topological polar surface area (TPSA) is 54.5 Å². The molecule has 2 heterocycles. The molecule has 1 aliphatic rings. The Labute approximate surface area is 121 Å². The van der Waals surface area contributed by atoms with E-state index in [4.69, 9.17) is 4.74 Å². The molecule has 0 atom stereocenters. The summed E-state index contributed by atoms with van der Waals surface area (Å²) in [6.07, 6.45) is 4.11. The standard InChI is InChI=1S/C13H19N3O2.C2H6/c1-14-13(17)11-7-10(12(18-2)8-15-11)9-16-5-3-4-6-16;1-2/h7-8H,3-6,9H2,1-2H3,(H,14,17);1-2H3. The minimum Gasteiger partial charge on any atom is -0.495 e. The number of likely N-dealkylation sites (tertiary alicyclic amines) is 1. The van der Waals surface area contributed by atoms with E-state index in [0.29, 0.717) is 5.69 Å². The minimum absolute atomic E-state index is 0.166. The van der Waals surface area contributed by atoms with Gasteiger partial charge in [-0.1, -0.05) is 13.8 Å². The summed E-state index contributed by atoms with van der Waals surface area (Å²) >= 11 is 0. The van der Waals surface area contributed by atoms with Crippen LogP contribution in [-0.2, 0) is 6.54 Å². The van der Waals surface area contributed by atoms with Gasteiger partial charge in [-0.05, 0) is 32.0 Å². The molecule has 0 bridgehead atoms. The summed E-state index contributed by atoms with van der Waals surface area (Å²) in [4.78, 5) is 18.0. The van der Waals surface area contributed by atoms with Crippen LogP contribution >= 0.6 is 0 Å². The number of aromatic nitrogens is 1. The number of carbonyl (C=O) groups excluding carboxylic acids is 1. The number of hydrogen-bond acceptors (Lipinski definition) is 4. The van der Waals surface area contributed by atoms with E-state index >= 15 is 0 Å². The van der Waals surface area contributed by atoms with Crippen LogP contribution in [0.1, 0.15) is 42.7 Å². The molecule has 1 aromatic rings. The molecule has 1 N–H and O–H groups in total. The van der Waals surface area contributed by atoms with Crippen molar-refractivity contribution in [2.45, 2.75) is 33.2 Å². The Morgan fingerprint density at radius 3 is 2.60 bits per heavy atom. The molecule has 5 nitrogen and oxygen atoms in total. The van der Waals surface area contributed by atoms with Gasteiger partial charge in [-0.3, -0.25) is 9.69 Å². The fraction of sp³-hybridized carbons (Fsp3) is 0.600. The zero-order valence-corrected chi connectivity index (χ0v) is 12.9. The third-order valence-corrected chi connectivity index (χ3v) is 3.22. The van der Waals surface area contributed by atoms with Gasteiger partial charge in [0.05, 0.1) is 13.3 Å². The van der Waals surface area contributed by atoms with Gasteiger partial charge >= 0.3 is 0 Å². The van der Waals surface area contributed by atoms with Crippen LogP contribution in [-0.4, -0.2) is 43.0 Å². The monoisotopic (exact) mass is 279 g/mol. The Hall–Kier alpha value is -1.62. The summed E-state index contributed by atoms with van der Waals surface area (Å²) in [7, 11) is 3.23. The summed E-state index contributed by atoms with van der Waals surface area (Å²) in [6, 6.07) is 1.82. The number of ether oxygens (including phenoxy) is 1. The molecule has 112 valence electrons. The summed E-state index contributed by atoms with van der Waals surface area (Å²) < 4.78 is 5.30. The molecule has 1 aromatic heterocycles.